The van der Waals surface area contributed by atoms with E-state index >= 15 is 0 Å². The third-order valence-electron chi connectivity index (χ3n) is 3.63. The van der Waals surface area contributed by atoms with Crippen LogP contribution in [0, 0.1) is 0 Å². The zero-order valence-electron chi connectivity index (χ0n) is 11.3. The summed E-state index contributed by atoms with van der Waals surface area (Å²) < 4.78 is 5.22. The fraction of sp³-hybridized carbons (Fsp3) is 0.312. The number of aryl methyl sites for hydroxylation is 1. The smallest absolute Gasteiger partial charge is 0.319 e. The topological polar surface area (TPSA) is 54.3 Å². The summed E-state index contributed by atoms with van der Waals surface area (Å²) in [4.78, 5) is 11.9. The lowest BCUT2D eigenvalue weighted by Gasteiger charge is -2.11. The van der Waals surface area contributed by atoms with Gasteiger partial charge in [0.1, 0.15) is 5.76 Å². The summed E-state index contributed by atoms with van der Waals surface area (Å²) in [5.41, 5.74) is 3.59. The van der Waals surface area contributed by atoms with Gasteiger partial charge in [0.15, 0.2) is 0 Å². The van der Waals surface area contributed by atoms with Crippen molar-refractivity contribution < 1.29 is 9.21 Å². The number of carbonyl (C=O) groups excluding carboxylic acids is 1. The molecule has 104 valence electrons. The molecular formula is C16H18N2O2. The molecule has 1 heterocycles. The highest BCUT2D eigenvalue weighted by Crippen LogP contribution is 2.28. The predicted molar refractivity (Wildman–Crippen MR) is 77.9 cm³/mol. The van der Waals surface area contributed by atoms with Crippen LogP contribution in [0.2, 0.25) is 0 Å². The molecule has 2 aromatic rings. The highest BCUT2D eigenvalue weighted by Gasteiger charge is 2.15. The van der Waals surface area contributed by atoms with Gasteiger partial charge in [-0.3, -0.25) is 0 Å². The number of hydrogen-bond donors (Lipinski definition) is 2. The second-order valence-electron chi connectivity index (χ2n) is 5.01. The Bertz CT molecular complexity index is 591. The van der Waals surface area contributed by atoms with Crippen LogP contribution in [0.25, 0.3) is 0 Å². The lowest BCUT2D eigenvalue weighted by molar-refractivity contribution is 0.252. The number of nitrogens with one attached hydrogen (secondary N) is 2. The molecule has 2 N–H and O–H groups in total. The van der Waals surface area contributed by atoms with Crippen LogP contribution in [0.4, 0.5) is 10.5 Å². The second-order valence-corrected chi connectivity index (χ2v) is 5.01. The van der Waals surface area contributed by atoms with E-state index in [0.717, 1.165) is 24.3 Å². The molecular weight excluding hydrogens is 252 g/mol. The molecule has 3 rings (SSSR count). The number of fused-ring (bicyclic) bond motifs is 1. The number of hydrogen-bond acceptors (Lipinski definition) is 2. The summed E-state index contributed by atoms with van der Waals surface area (Å²) in [5, 5.41) is 5.79. The van der Waals surface area contributed by atoms with Crippen LogP contribution in [0.5, 0.6) is 0 Å². The highest BCUT2D eigenvalue weighted by molar-refractivity contribution is 5.90. The summed E-state index contributed by atoms with van der Waals surface area (Å²) in [6.07, 6.45) is 5.69. The Labute approximate surface area is 118 Å². The second kappa shape index (κ2) is 5.82. The largest absolute Gasteiger partial charge is 0.469 e. The quantitative estimate of drug-likeness (QED) is 0.896. The van der Waals surface area contributed by atoms with E-state index in [-0.39, 0.29) is 6.03 Å². The monoisotopic (exact) mass is 270 g/mol. The Balaban J connectivity index is 1.53. The highest BCUT2D eigenvalue weighted by atomic mass is 16.3. The Morgan fingerprint density at radius 3 is 3.00 bits per heavy atom. The van der Waals surface area contributed by atoms with Crippen molar-refractivity contribution in [2.75, 3.05) is 11.9 Å². The van der Waals surface area contributed by atoms with Crippen molar-refractivity contribution in [3.63, 3.8) is 0 Å². The Morgan fingerprint density at radius 1 is 1.20 bits per heavy atom. The number of rotatable bonds is 4. The number of anilines is 1. The molecule has 0 unspecified atom stereocenters. The molecule has 0 spiro atoms. The Kier molecular flexibility index (Phi) is 3.72. The molecule has 1 aliphatic carbocycles. The van der Waals surface area contributed by atoms with Gasteiger partial charge in [-0.1, -0.05) is 12.1 Å². The van der Waals surface area contributed by atoms with Crippen LogP contribution in [0.1, 0.15) is 23.3 Å². The first-order valence-corrected chi connectivity index (χ1v) is 7.01. The van der Waals surface area contributed by atoms with Crippen molar-refractivity contribution in [3.05, 3.63) is 53.5 Å². The Morgan fingerprint density at radius 2 is 2.15 bits per heavy atom. The first-order chi connectivity index (χ1) is 9.83. The normalized spacial score (nSPS) is 13.0. The minimum Gasteiger partial charge on any atom is -0.469 e. The van der Waals surface area contributed by atoms with Crippen LogP contribution in [0.3, 0.4) is 0 Å². The predicted octanol–water partition coefficient (Wildman–Crippen LogP) is 3.13. The molecule has 20 heavy (non-hydrogen) atoms. The number of furan rings is 1. The van der Waals surface area contributed by atoms with E-state index in [9.17, 15) is 4.79 Å². The zero-order valence-corrected chi connectivity index (χ0v) is 11.3. The number of carbonyl (C=O) groups is 1. The zero-order chi connectivity index (χ0) is 13.8. The van der Waals surface area contributed by atoms with Gasteiger partial charge in [-0.05, 0) is 48.6 Å². The standard InChI is InChI=1S/C16H18N2O2/c19-16(17-10-9-13-6-3-11-20-13)18-15-8-2-5-12-4-1-7-14(12)15/h2-3,5-6,8,11H,1,4,7,9-10H2,(H2,17,18,19). The first-order valence-electron chi connectivity index (χ1n) is 7.01. The van der Waals surface area contributed by atoms with Gasteiger partial charge in [-0.2, -0.15) is 0 Å². The summed E-state index contributed by atoms with van der Waals surface area (Å²) in [6.45, 7) is 0.564. The minimum atomic E-state index is -0.156. The fourth-order valence-electron chi connectivity index (χ4n) is 2.66. The van der Waals surface area contributed by atoms with Crippen molar-refractivity contribution in [2.24, 2.45) is 0 Å². The minimum absolute atomic E-state index is 0.156. The van der Waals surface area contributed by atoms with Crippen molar-refractivity contribution in [1.82, 2.24) is 5.32 Å². The van der Waals surface area contributed by atoms with Crippen molar-refractivity contribution in [1.29, 1.82) is 0 Å². The lowest BCUT2D eigenvalue weighted by atomic mass is 10.1. The molecule has 4 heteroatoms. The van der Waals surface area contributed by atoms with E-state index in [1.54, 1.807) is 6.26 Å². The van der Waals surface area contributed by atoms with E-state index in [4.69, 9.17) is 4.42 Å². The molecule has 0 radical (unpaired) electrons. The SMILES string of the molecule is O=C(NCCc1ccco1)Nc1cccc2c1CCC2. The van der Waals surface area contributed by atoms with E-state index in [1.165, 1.54) is 17.5 Å². The van der Waals surface area contributed by atoms with Gasteiger partial charge in [-0.15, -0.1) is 0 Å². The summed E-state index contributed by atoms with van der Waals surface area (Å²) in [5.74, 6) is 0.880. The molecule has 0 atom stereocenters. The first kappa shape index (κ1) is 12.8. The third-order valence-corrected chi connectivity index (χ3v) is 3.63. The molecule has 1 aromatic carbocycles. The van der Waals surface area contributed by atoms with Gasteiger partial charge in [-0.25, -0.2) is 4.79 Å². The molecule has 1 aliphatic rings. The molecule has 4 nitrogen and oxygen atoms in total. The van der Waals surface area contributed by atoms with Gasteiger partial charge in [0, 0.05) is 18.7 Å². The van der Waals surface area contributed by atoms with Crippen LogP contribution < -0.4 is 10.6 Å². The van der Waals surface area contributed by atoms with E-state index < -0.39 is 0 Å². The summed E-state index contributed by atoms with van der Waals surface area (Å²) in [6, 6.07) is 9.71. The molecule has 0 aliphatic heterocycles. The number of amides is 2. The van der Waals surface area contributed by atoms with Crippen molar-refractivity contribution >= 4 is 11.7 Å². The third kappa shape index (κ3) is 2.85. The number of benzene rings is 1. The van der Waals surface area contributed by atoms with E-state index in [2.05, 4.69) is 16.7 Å². The van der Waals surface area contributed by atoms with Crippen molar-refractivity contribution in [3.8, 4) is 0 Å². The van der Waals surface area contributed by atoms with Crippen LogP contribution in [0.15, 0.2) is 41.0 Å². The van der Waals surface area contributed by atoms with Crippen LogP contribution in [-0.2, 0) is 19.3 Å². The van der Waals surface area contributed by atoms with E-state index in [1.807, 2.05) is 24.3 Å². The maximum Gasteiger partial charge on any atom is 0.319 e. The maximum atomic E-state index is 11.9. The molecule has 2 amide bonds. The lowest BCUT2D eigenvalue weighted by Crippen LogP contribution is -2.30. The van der Waals surface area contributed by atoms with E-state index in [0.29, 0.717) is 13.0 Å². The Hall–Kier alpha value is -2.23. The van der Waals surface area contributed by atoms with Crippen LogP contribution in [-0.4, -0.2) is 12.6 Å². The summed E-state index contributed by atoms with van der Waals surface area (Å²) in [7, 11) is 0. The molecule has 0 saturated heterocycles. The van der Waals surface area contributed by atoms with Gasteiger partial charge in [0.2, 0.25) is 0 Å². The number of urea groups is 1. The molecule has 0 fully saturated rings. The summed E-state index contributed by atoms with van der Waals surface area (Å²) >= 11 is 0. The van der Waals surface area contributed by atoms with Crippen molar-refractivity contribution in [2.45, 2.75) is 25.7 Å². The van der Waals surface area contributed by atoms with Crippen LogP contribution >= 0.6 is 0 Å². The fourth-order valence-corrected chi connectivity index (χ4v) is 2.66. The van der Waals surface area contributed by atoms with Gasteiger partial charge >= 0.3 is 6.03 Å². The average Bonchev–Trinajstić information content (AvgIpc) is 3.09. The molecule has 1 aromatic heterocycles. The average molecular weight is 270 g/mol. The van der Waals surface area contributed by atoms with Gasteiger partial charge < -0.3 is 15.1 Å². The molecule has 0 saturated carbocycles. The molecule has 0 bridgehead atoms. The van der Waals surface area contributed by atoms with Gasteiger partial charge in [0.05, 0.1) is 6.26 Å². The maximum absolute atomic E-state index is 11.9. The van der Waals surface area contributed by atoms with Gasteiger partial charge in [0.25, 0.3) is 0 Å².